The molecule has 0 spiro atoms. The van der Waals surface area contributed by atoms with E-state index >= 15 is 0 Å². The summed E-state index contributed by atoms with van der Waals surface area (Å²) in [6.45, 7) is 7.47. The van der Waals surface area contributed by atoms with Gasteiger partial charge in [0.15, 0.2) is 0 Å². The molecule has 0 bridgehead atoms. The van der Waals surface area contributed by atoms with Crippen LogP contribution in [-0.2, 0) is 11.3 Å². The summed E-state index contributed by atoms with van der Waals surface area (Å²) in [7, 11) is 1.71. The summed E-state index contributed by atoms with van der Waals surface area (Å²) in [6, 6.07) is 27.2. The number of amides is 1. The third-order valence-electron chi connectivity index (χ3n) is 7.46. The van der Waals surface area contributed by atoms with Crippen LogP contribution in [0.25, 0.3) is 10.9 Å². The molecule has 36 heavy (non-hydrogen) atoms. The first-order valence-electron chi connectivity index (χ1n) is 12.9. The molecule has 1 aromatic heterocycles. The van der Waals surface area contributed by atoms with Crippen LogP contribution in [0.4, 0.5) is 0 Å². The second kappa shape index (κ2) is 11.0. The normalized spacial score (nSPS) is 15.2. The van der Waals surface area contributed by atoms with Crippen LogP contribution >= 0.6 is 0 Å². The van der Waals surface area contributed by atoms with Gasteiger partial charge in [0.1, 0.15) is 5.75 Å². The van der Waals surface area contributed by atoms with E-state index in [1.165, 1.54) is 22.0 Å². The van der Waals surface area contributed by atoms with Gasteiger partial charge in [0.25, 0.3) is 0 Å². The van der Waals surface area contributed by atoms with Crippen molar-refractivity contribution >= 4 is 16.8 Å². The van der Waals surface area contributed by atoms with Gasteiger partial charge in [-0.2, -0.15) is 0 Å². The number of likely N-dealkylation sites (N-methyl/N-ethyl adjacent to an activating group) is 1. The number of benzene rings is 3. The van der Waals surface area contributed by atoms with Crippen molar-refractivity contribution in [3.8, 4) is 5.75 Å². The lowest BCUT2D eigenvalue weighted by atomic mass is 9.87. The molecule has 0 unspecified atom stereocenters. The molecule has 1 aliphatic rings. The number of para-hydroxylation sites is 2. The molecule has 0 saturated carbocycles. The van der Waals surface area contributed by atoms with E-state index in [0.29, 0.717) is 6.42 Å². The third kappa shape index (κ3) is 5.02. The van der Waals surface area contributed by atoms with Crippen LogP contribution in [-0.4, -0.2) is 60.1 Å². The number of aromatic nitrogens is 1. The van der Waals surface area contributed by atoms with Gasteiger partial charge in [-0.25, -0.2) is 0 Å². The smallest absolute Gasteiger partial charge is 0.223 e. The fraction of sp³-hybridized carbons (Fsp3) is 0.323. The highest BCUT2D eigenvalue weighted by Gasteiger charge is 2.28. The SMILES string of the molecule is CCN1CCN(C(=O)C[C@@H](c2ccccc2OC)c2cn(Cc3ccccc3)c3ccccc23)CC1. The summed E-state index contributed by atoms with van der Waals surface area (Å²) in [5.41, 5.74) is 4.67. The zero-order valence-corrected chi connectivity index (χ0v) is 21.3. The number of rotatable bonds is 8. The van der Waals surface area contributed by atoms with Crippen molar-refractivity contribution in [1.82, 2.24) is 14.4 Å². The number of nitrogens with zero attached hydrogens (tertiary/aromatic N) is 3. The Morgan fingerprint density at radius 2 is 1.56 bits per heavy atom. The van der Waals surface area contributed by atoms with Crippen molar-refractivity contribution in [1.29, 1.82) is 0 Å². The average molecular weight is 482 g/mol. The van der Waals surface area contributed by atoms with E-state index in [1.807, 2.05) is 29.2 Å². The zero-order valence-electron chi connectivity index (χ0n) is 21.3. The first kappa shape index (κ1) is 24.1. The van der Waals surface area contributed by atoms with Crippen LogP contribution < -0.4 is 4.74 Å². The highest BCUT2D eigenvalue weighted by atomic mass is 16.5. The monoisotopic (exact) mass is 481 g/mol. The summed E-state index contributed by atoms with van der Waals surface area (Å²) >= 11 is 0. The van der Waals surface area contributed by atoms with Crippen LogP contribution in [0.3, 0.4) is 0 Å². The van der Waals surface area contributed by atoms with Gasteiger partial charge in [-0.05, 0) is 29.8 Å². The summed E-state index contributed by atoms with van der Waals surface area (Å²) in [6.07, 6.45) is 2.67. The molecule has 0 radical (unpaired) electrons. The van der Waals surface area contributed by atoms with Crippen molar-refractivity contribution in [2.45, 2.75) is 25.8 Å². The van der Waals surface area contributed by atoms with E-state index in [9.17, 15) is 4.79 Å². The lowest BCUT2D eigenvalue weighted by Gasteiger charge is -2.35. The summed E-state index contributed by atoms with van der Waals surface area (Å²) in [4.78, 5) is 18.1. The average Bonchev–Trinajstić information content (AvgIpc) is 3.30. The molecule has 5 nitrogen and oxygen atoms in total. The fourth-order valence-corrected chi connectivity index (χ4v) is 5.42. The molecule has 0 N–H and O–H groups in total. The maximum atomic E-state index is 13.6. The molecule has 186 valence electrons. The maximum absolute atomic E-state index is 13.6. The minimum Gasteiger partial charge on any atom is -0.496 e. The molecular weight excluding hydrogens is 446 g/mol. The standard InChI is InChI=1S/C31H35N3O2/c1-3-32-17-19-33(20-18-32)31(35)21-27(26-14-8-10-16-30(26)36-2)28-23-34(22-24-11-5-4-6-12-24)29-15-9-7-13-25(28)29/h4-16,23,27H,3,17-22H2,1-2H3/t27-/m0/s1. The lowest BCUT2D eigenvalue weighted by Crippen LogP contribution is -2.48. The van der Waals surface area contributed by atoms with Gasteiger partial charge in [-0.3, -0.25) is 4.79 Å². The number of ether oxygens (including phenoxy) is 1. The van der Waals surface area contributed by atoms with E-state index in [-0.39, 0.29) is 11.8 Å². The minimum absolute atomic E-state index is 0.0974. The lowest BCUT2D eigenvalue weighted by molar-refractivity contribution is -0.133. The molecule has 1 amide bonds. The predicted molar refractivity (Wildman–Crippen MR) is 146 cm³/mol. The number of carbonyl (C=O) groups is 1. The number of fused-ring (bicyclic) bond motifs is 1. The van der Waals surface area contributed by atoms with Crippen LogP contribution in [0.15, 0.2) is 85.1 Å². The number of piperazine rings is 1. The van der Waals surface area contributed by atoms with E-state index in [4.69, 9.17) is 4.74 Å². The van der Waals surface area contributed by atoms with E-state index in [2.05, 4.69) is 77.2 Å². The largest absolute Gasteiger partial charge is 0.496 e. The maximum Gasteiger partial charge on any atom is 0.223 e. The van der Waals surface area contributed by atoms with Crippen LogP contribution in [0, 0.1) is 0 Å². The number of carbonyl (C=O) groups excluding carboxylic acids is 1. The van der Waals surface area contributed by atoms with Gasteiger partial charge in [0, 0.05) is 67.7 Å². The summed E-state index contributed by atoms with van der Waals surface area (Å²) in [5, 5.41) is 1.19. The number of hydrogen-bond donors (Lipinski definition) is 0. The van der Waals surface area contributed by atoms with Crippen LogP contribution in [0.5, 0.6) is 5.75 Å². The summed E-state index contributed by atoms with van der Waals surface area (Å²) in [5.74, 6) is 0.937. The fourth-order valence-electron chi connectivity index (χ4n) is 5.42. The molecule has 2 heterocycles. The first-order valence-corrected chi connectivity index (χ1v) is 12.9. The van der Waals surface area contributed by atoms with E-state index in [0.717, 1.165) is 50.6 Å². The van der Waals surface area contributed by atoms with Crippen LogP contribution in [0.1, 0.15) is 36.0 Å². The van der Waals surface area contributed by atoms with Crippen LogP contribution in [0.2, 0.25) is 0 Å². The molecular formula is C31H35N3O2. The van der Waals surface area contributed by atoms with Crippen molar-refractivity contribution < 1.29 is 9.53 Å². The molecule has 1 saturated heterocycles. The molecule has 1 fully saturated rings. The van der Waals surface area contributed by atoms with Gasteiger partial charge in [0.05, 0.1) is 7.11 Å². The minimum atomic E-state index is -0.0974. The van der Waals surface area contributed by atoms with Gasteiger partial charge in [-0.15, -0.1) is 0 Å². The quantitative estimate of drug-likeness (QED) is 0.339. The Labute approximate surface area is 213 Å². The molecule has 1 aliphatic heterocycles. The van der Waals surface area contributed by atoms with Crippen molar-refractivity contribution in [2.75, 3.05) is 39.8 Å². The Bertz CT molecular complexity index is 1310. The van der Waals surface area contributed by atoms with Gasteiger partial charge >= 0.3 is 0 Å². The van der Waals surface area contributed by atoms with Gasteiger partial charge in [-0.1, -0.05) is 73.7 Å². The molecule has 3 aromatic carbocycles. The molecule has 5 rings (SSSR count). The zero-order chi connectivity index (χ0) is 24.9. The van der Waals surface area contributed by atoms with Gasteiger partial charge in [0.2, 0.25) is 5.91 Å². The molecule has 4 aromatic rings. The van der Waals surface area contributed by atoms with E-state index in [1.54, 1.807) is 7.11 Å². The second-order valence-electron chi connectivity index (χ2n) is 9.53. The Balaban J connectivity index is 1.54. The third-order valence-corrected chi connectivity index (χ3v) is 7.46. The molecule has 5 heteroatoms. The second-order valence-corrected chi connectivity index (χ2v) is 9.53. The number of methoxy groups -OCH3 is 1. The highest BCUT2D eigenvalue weighted by molar-refractivity contribution is 5.87. The van der Waals surface area contributed by atoms with Crippen molar-refractivity contribution in [3.05, 3.63) is 102 Å². The first-order chi connectivity index (χ1) is 17.7. The van der Waals surface area contributed by atoms with E-state index < -0.39 is 0 Å². The summed E-state index contributed by atoms with van der Waals surface area (Å²) < 4.78 is 8.09. The Morgan fingerprint density at radius 1 is 0.861 bits per heavy atom. The Kier molecular flexibility index (Phi) is 7.38. The van der Waals surface area contributed by atoms with Crippen molar-refractivity contribution in [2.24, 2.45) is 0 Å². The predicted octanol–water partition coefficient (Wildman–Crippen LogP) is 5.38. The number of hydrogen-bond acceptors (Lipinski definition) is 3. The topological polar surface area (TPSA) is 37.7 Å². The Hall–Kier alpha value is -3.57. The van der Waals surface area contributed by atoms with Crippen molar-refractivity contribution in [3.63, 3.8) is 0 Å². The molecule has 0 aliphatic carbocycles. The van der Waals surface area contributed by atoms with Gasteiger partial charge < -0.3 is 19.1 Å². The Morgan fingerprint density at radius 3 is 2.31 bits per heavy atom. The highest BCUT2D eigenvalue weighted by Crippen LogP contribution is 2.39. The molecule has 1 atom stereocenters.